The average molecular weight is 390 g/mol. The lowest BCUT2D eigenvalue weighted by Crippen LogP contribution is -2.34. The molecule has 2 aromatic rings. The third kappa shape index (κ3) is 3.92. The summed E-state index contributed by atoms with van der Waals surface area (Å²) in [5.74, 6) is 0.0913. The molecule has 9 heteroatoms. The second-order valence-corrected chi connectivity index (χ2v) is 8.28. The van der Waals surface area contributed by atoms with Crippen LogP contribution in [0.5, 0.6) is 5.75 Å². The lowest BCUT2D eigenvalue weighted by molar-refractivity contribution is -0.384. The average Bonchev–Trinajstić information content (AvgIpc) is 2.94. The third-order valence-corrected chi connectivity index (χ3v) is 5.60. The smallest absolute Gasteiger partial charge is 0.269 e. The zero-order chi connectivity index (χ0) is 19.8. The molecular weight excluding hydrogens is 372 g/mol. The molecule has 0 aromatic heterocycles. The van der Waals surface area contributed by atoms with Crippen molar-refractivity contribution >= 4 is 27.2 Å². The van der Waals surface area contributed by atoms with Gasteiger partial charge < -0.3 is 4.74 Å². The number of nitro groups is 1. The van der Waals surface area contributed by atoms with Crippen molar-refractivity contribution < 1.29 is 22.9 Å². The van der Waals surface area contributed by atoms with E-state index in [-0.39, 0.29) is 24.1 Å². The van der Waals surface area contributed by atoms with Gasteiger partial charge in [-0.05, 0) is 49.2 Å². The zero-order valence-electron chi connectivity index (χ0n) is 14.8. The minimum absolute atomic E-state index is 0.0585. The SMILES string of the molecule is C[C@H]1Cc2cc(C(=O)COc3ccc([N+](=O)[O-])cc3)ccc2N1S(C)(=O)=O. The summed E-state index contributed by atoms with van der Waals surface area (Å²) in [4.78, 5) is 22.5. The lowest BCUT2D eigenvalue weighted by Gasteiger charge is -2.21. The maximum absolute atomic E-state index is 12.4. The number of carbonyl (C=O) groups is 1. The van der Waals surface area contributed by atoms with Crippen LogP contribution in [0.3, 0.4) is 0 Å². The largest absolute Gasteiger partial charge is 0.485 e. The van der Waals surface area contributed by atoms with Crippen molar-refractivity contribution in [3.8, 4) is 5.75 Å². The maximum Gasteiger partial charge on any atom is 0.269 e. The summed E-state index contributed by atoms with van der Waals surface area (Å²) in [5, 5.41) is 10.6. The predicted octanol–water partition coefficient (Wildman–Crippen LogP) is 2.57. The molecule has 0 saturated carbocycles. The molecule has 1 atom stereocenters. The predicted molar refractivity (Wildman–Crippen MR) is 99.9 cm³/mol. The van der Waals surface area contributed by atoms with E-state index in [1.807, 2.05) is 6.92 Å². The molecule has 3 rings (SSSR count). The third-order valence-electron chi connectivity index (χ3n) is 4.33. The molecule has 2 aromatic carbocycles. The van der Waals surface area contributed by atoms with Gasteiger partial charge in [-0.3, -0.25) is 19.2 Å². The molecule has 1 aliphatic rings. The number of Topliss-reactive ketones (excluding diaryl/α,β-unsaturated/α-hetero) is 1. The van der Waals surface area contributed by atoms with Crippen LogP contribution in [-0.2, 0) is 16.4 Å². The first kappa shape index (κ1) is 18.8. The number of sulfonamides is 1. The summed E-state index contributed by atoms with van der Waals surface area (Å²) >= 11 is 0. The highest BCUT2D eigenvalue weighted by molar-refractivity contribution is 7.92. The zero-order valence-corrected chi connectivity index (χ0v) is 15.6. The van der Waals surface area contributed by atoms with E-state index in [4.69, 9.17) is 4.74 Å². The minimum atomic E-state index is -3.38. The number of rotatable bonds is 6. The molecule has 0 amide bonds. The molecule has 142 valence electrons. The van der Waals surface area contributed by atoms with Gasteiger partial charge in [-0.2, -0.15) is 0 Å². The van der Waals surface area contributed by atoms with Crippen molar-refractivity contribution in [2.45, 2.75) is 19.4 Å². The summed E-state index contributed by atoms with van der Waals surface area (Å²) in [5.41, 5.74) is 1.77. The van der Waals surface area contributed by atoms with Gasteiger partial charge in [0.2, 0.25) is 10.0 Å². The number of anilines is 1. The maximum atomic E-state index is 12.4. The summed E-state index contributed by atoms with van der Waals surface area (Å²) in [7, 11) is -3.38. The van der Waals surface area contributed by atoms with E-state index in [1.54, 1.807) is 18.2 Å². The van der Waals surface area contributed by atoms with Gasteiger partial charge in [-0.25, -0.2) is 8.42 Å². The highest BCUT2D eigenvalue weighted by Crippen LogP contribution is 2.34. The van der Waals surface area contributed by atoms with Gasteiger partial charge in [0.1, 0.15) is 5.75 Å². The number of benzene rings is 2. The monoisotopic (exact) mass is 390 g/mol. The molecule has 0 aliphatic carbocycles. The topological polar surface area (TPSA) is 107 Å². The Hall–Kier alpha value is -2.94. The van der Waals surface area contributed by atoms with Crippen molar-refractivity contribution in [3.63, 3.8) is 0 Å². The minimum Gasteiger partial charge on any atom is -0.485 e. The number of hydrogen-bond acceptors (Lipinski definition) is 6. The quantitative estimate of drug-likeness (QED) is 0.426. The first-order valence-electron chi connectivity index (χ1n) is 8.19. The molecule has 0 unspecified atom stereocenters. The first-order valence-corrected chi connectivity index (χ1v) is 10.0. The molecule has 0 spiro atoms. The van der Waals surface area contributed by atoms with E-state index >= 15 is 0 Å². The molecule has 8 nitrogen and oxygen atoms in total. The van der Waals surface area contributed by atoms with Crippen LogP contribution in [0.4, 0.5) is 11.4 Å². The highest BCUT2D eigenvalue weighted by Gasteiger charge is 2.32. The van der Waals surface area contributed by atoms with Crippen LogP contribution in [0.15, 0.2) is 42.5 Å². The van der Waals surface area contributed by atoms with Crippen molar-refractivity contribution in [2.24, 2.45) is 0 Å². The number of ether oxygens (including phenoxy) is 1. The van der Waals surface area contributed by atoms with E-state index < -0.39 is 14.9 Å². The Bertz CT molecular complexity index is 1000. The number of nitrogens with zero attached hydrogens (tertiary/aromatic N) is 2. The van der Waals surface area contributed by atoms with Gasteiger partial charge in [0.25, 0.3) is 5.69 Å². The fourth-order valence-corrected chi connectivity index (χ4v) is 4.44. The van der Waals surface area contributed by atoms with E-state index in [1.165, 1.54) is 28.6 Å². The molecule has 27 heavy (non-hydrogen) atoms. The van der Waals surface area contributed by atoms with Crippen molar-refractivity contribution in [1.29, 1.82) is 0 Å². The second kappa shape index (κ2) is 6.99. The Morgan fingerprint density at radius 1 is 1.26 bits per heavy atom. The fourth-order valence-electron chi connectivity index (χ4n) is 3.18. The number of non-ortho nitro benzene ring substituents is 1. The van der Waals surface area contributed by atoms with Gasteiger partial charge >= 0.3 is 0 Å². The molecular formula is C18H18N2O6S. The summed E-state index contributed by atoms with van der Waals surface area (Å²) < 4.78 is 30.7. The van der Waals surface area contributed by atoms with Crippen molar-refractivity contribution in [1.82, 2.24) is 0 Å². The van der Waals surface area contributed by atoms with Crippen LogP contribution in [0.1, 0.15) is 22.8 Å². The van der Waals surface area contributed by atoms with E-state index in [9.17, 15) is 23.3 Å². The Morgan fingerprint density at radius 3 is 2.52 bits per heavy atom. The van der Waals surface area contributed by atoms with Crippen molar-refractivity contribution in [3.05, 3.63) is 63.7 Å². The van der Waals surface area contributed by atoms with Crippen LogP contribution >= 0.6 is 0 Å². The standard InChI is InChI=1S/C18H18N2O6S/c1-12-9-14-10-13(3-8-17(14)19(12)27(2,24)25)18(21)11-26-16-6-4-15(5-7-16)20(22)23/h3-8,10,12H,9,11H2,1-2H3/t12-/m0/s1. The van der Waals surface area contributed by atoms with Crippen molar-refractivity contribution in [2.75, 3.05) is 17.2 Å². The van der Waals surface area contributed by atoms with Gasteiger partial charge in [0, 0.05) is 23.7 Å². The number of carbonyl (C=O) groups excluding carboxylic acids is 1. The Kier molecular flexibility index (Phi) is 4.88. The highest BCUT2D eigenvalue weighted by atomic mass is 32.2. The lowest BCUT2D eigenvalue weighted by atomic mass is 10.0. The number of nitro benzene ring substituents is 1. The van der Waals surface area contributed by atoms with E-state index in [2.05, 4.69) is 0 Å². The van der Waals surface area contributed by atoms with Crippen LogP contribution in [0.2, 0.25) is 0 Å². The number of ketones is 1. The van der Waals surface area contributed by atoms with Crippen LogP contribution in [0.25, 0.3) is 0 Å². The van der Waals surface area contributed by atoms with Gasteiger partial charge in [0.05, 0.1) is 16.9 Å². The first-order chi connectivity index (χ1) is 12.7. The van der Waals surface area contributed by atoms with Gasteiger partial charge in [-0.1, -0.05) is 0 Å². The Labute approximate surface area is 156 Å². The van der Waals surface area contributed by atoms with Gasteiger partial charge in [0.15, 0.2) is 12.4 Å². The van der Waals surface area contributed by atoms with Crippen LogP contribution in [0, 0.1) is 10.1 Å². The normalized spacial score (nSPS) is 16.1. The summed E-state index contributed by atoms with van der Waals surface area (Å²) in [6, 6.07) is 10.2. The molecule has 0 fully saturated rings. The van der Waals surface area contributed by atoms with Gasteiger partial charge in [-0.15, -0.1) is 0 Å². The fraction of sp³-hybridized carbons (Fsp3) is 0.278. The van der Waals surface area contributed by atoms with E-state index in [0.29, 0.717) is 23.4 Å². The van der Waals surface area contributed by atoms with Crippen LogP contribution in [-0.4, -0.2) is 38.0 Å². The molecule has 0 bridgehead atoms. The number of fused-ring (bicyclic) bond motifs is 1. The van der Waals surface area contributed by atoms with Crippen LogP contribution < -0.4 is 9.04 Å². The molecule has 0 radical (unpaired) electrons. The second-order valence-electron chi connectivity index (χ2n) is 6.42. The Morgan fingerprint density at radius 2 is 1.93 bits per heavy atom. The Balaban J connectivity index is 1.71. The van der Waals surface area contributed by atoms with E-state index in [0.717, 1.165) is 11.8 Å². The summed E-state index contributed by atoms with van der Waals surface area (Å²) in [6.07, 6.45) is 1.70. The molecule has 1 heterocycles. The number of hydrogen-bond donors (Lipinski definition) is 0. The molecule has 0 N–H and O–H groups in total. The molecule has 0 saturated heterocycles. The summed E-state index contributed by atoms with van der Waals surface area (Å²) in [6.45, 7) is 1.60. The molecule has 1 aliphatic heterocycles.